The molecule has 1 aliphatic rings. The molecule has 2 aromatic carbocycles. The summed E-state index contributed by atoms with van der Waals surface area (Å²) in [4.78, 5) is 0.620. The van der Waals surface area contributed by atoms with Gasteiger partial charge in [0, 0.05) is 16.7 Å². The van der Waals surface area contributed by atoms with Crippen LogP contribution in [0, 0.1) is 5.82 Å². The first-order valence-electron chi connectivity index (χ1n) is 6.80. The average molecular weight is 342 g/mol. The SMILES string of the molecule is Cl.Oc1cc2c(cc1O)C(CSc1ccccc1F)NCC2. The molecule has 2 aromatic rings. The number of nitrogens with one attached hydrogen (secondary N) is 1. The van der Waals surface area contributed by atoms with Crippen LogP contribution in [0.15, 0.2) is 41.3 Å². The van der Waals surface area contributed by atoms with Crippen molar-refractivity contribution >= 4 is 24.2 Å². The van der Waals surface area contributed by atoms with Crippen molar-refractivity contribution in [1.82, 2.24) is 5.32 Å². The van der Waals surface area contributed by atoms with Crippen molar-refractivity contribution in [1.29, 1.82) is 0 Å². The zero-order valence-corrected chi connectivity index (χ0v) is 13.4. The summed E-state index contributed by atoms with van der Waals surface area (Å²) in [6.45, 7) is 0.805. The highest BCUT2D eigenvalue weighted by atomic mass is 35.5. The quantitative estimate of drug-likeness (QED) is 0.589. The Bertz CT molecular complexity index is 669. The minimum atomic E-state index is -0.216. The molecular formula is C16H17ClFNO2S. The van der Waals surface area contributed by atoms with Gasteiger partial charge in [0.1, 0.15) is 5.82 Å². The number of phenols is 2. The number of rotatable bonds is 3. The number of aromatic hydroxyl groups is 2. The highest BCUT2D eigenvalue weighted by Gasteiger charge is 2.22. The number of phenolic OH excluding ortho intramolecular Hbond substituents is 2. The van der Waals surface area contributed by atoms with E-state index in [-0.39, 0.29) is 35.8 Å². The molecule has 0 fully saturated rings. The summed E-state index contributed by atoms with van der Waals surface area (Å²) >= 11 is 1.45. The van der Waals surface area contributed by atoms with E-state index in [1.165, 1.54) is 17.8 Å². The molecule has 118 valence electrons. The minimum absolute atomic E-state index is 0. The van der Waals surface area contributed by atoms with E-state index < -0.39 is 0 Å². The number of hydrogen-bond acceptors (Lipinski definition) is 4. The molecule has 0 bridgehead atoms. The van der Waals surface area contributed by atoms with E-state index in [1.54, 1.807) is 24.3 Å². The lowest BCUT2D eigenvalue weighted by Gasteiger charge is -2.27. The van der Waals surface area contributed by atoms with Crippen molar-refractivity contribution in [3.63, 3.8) is 0 Å². The molecule has 3 nitrogen and oxygen atoms in total. The Labute approximate surface area is 139 Å². The van der Waals surface area contributed by atoms with Crippen molar-refractivity contribution in [2.24, 2.45) is 0 Å². The fraction of sp³-hybridized carbons (Fsp3) is 0.250. The Kier molecular flexibility index (Phi) is 5.56. The number of halogens is 2. The number of benzene rings is 2. The van der Waals surface area contributed by atoms with Crippen molar-refractivity contribution < 1.29 is 14.6 Å². The summed E-state index contributed by atoms with van der Waals surface area (Å²) in [5.74, 6) is 0.250. The Hall–Kier alpha value is -1.43. The first-order valence-corrected chi connectivity index (χ1v) is 7.79. The van der Waals surface area contributed by atoms with Gasteiger partial charge in [0.25, 0.3) is 0 Å². The maximum atomic E-state index is 13.6. The van der Waals surface area contributed by atoms with Gasteiger partial charge in [-0.1, -0.05) is 12.1 Å². The fourth-order valence-corrected chi connectivity index (χ4v) is 3.58. The topological polar surface area (TPSA) is 52.5 Å². The predicted molar refractivity (Wildman–Crippen MR) is 88.6 cm³/mol. The second-order valence-electron chi connectivity index (χ2n) is 5.04. The van der Waals surface area contributed by atoms with Crippen molar-refractivity contribution in [2.75, 3.05) is 12.3 Å². The molecule has 1 unspecified atom stereocenters. The van der Waals surface area contributed by atoms with Gasteiger partial charge in [-0.25, -0.2) is 4.39 Å². The third-order valence-corrected chi connectivity index (χ3v) is 4.78. The molecule has 0 saturated heterocycles. The van der Waals surface area contributed by atoms with Crippen LogP contribution in [0.5, 0.6) is 11.5 Å². The molecule has 6 heteroatoms. The van der Waals surface area contributed by atoms with Gasteiger partial charge in [0.15, 0.2) is 11.5 Å². The first-order chi connectivity index (χ1) is 10.1. The van der Waals surface area contributed by atoms with Crippen molar-refractivity contribution in [3.05, 3.63) is 53.3 Å². The lowest BCUT2D eigenvalue weighted by atomic mass is 9.94. The predicted octanol–water partition coefficient (Wildman–Crippen LogP) is 3.64. The van der Waals surface area contributed by atoms with Gasteiger partial charge in [0.05, 0.1) is 0 Å². The van der Waals surface area contributed by atoms with E-state index in [0.717, 1.165) is 24.1 Å². The summed E-state index contributed by atoms with van der Waals surface area (Å²) in [5, 5.41) is 22.6. The molecular weight excluding hydrogens is 325 g/mol. The summed E-state index contributed by atoms with van der Waals surface area (Å²) in [6.07, 6.45) is 0.810. The summed E-state index contributed by atoms with van der Waals surface area (Å²) < 4.78 is 13.6. The zero-order chi connectivity index (χ0) is 14.8. The lowest BCUT2D eigenvalue weighted by Crippen LogP contribution is -2.31. The molecule has 0 aromatic heterocycles. The molecule has 0 spiro atoms. The molecule has 3 N–H and O–H groups in total. The van der Waals surface area contributed by atoms with E-state index in [9.17, 15) is 14.6 Å². The van der Waals surface area contributed by atoms with Crippen molar-refractivity contribution in [2.45, 2.75) is 17.4 Å². The Balaban J connectivity index is 0.00000176. The normalized spacial score (nSPS) is 16.7. The van der Waals surface area contributed by atoms with Gasteiger partial charge < -0.3 is 15.5 Å². The van der Waals surface area contributed by atoms with Crippen LogP contribution in [-0.4, -0.2) is 22.5 Å². The Morgan fingerprint density at radius 3 is 2.68 bits per heavy atom. The van der Waals surface area contributed by atoms with Gasteiger partial charge in [-0.2, -0.15) is 0 Å². The van der Waals surface area contributed by atoms with Gasteiger partial charge in [0.2, 0.25) is 0 Å². The summed E-state index contributed by atoms with van der Waals surface area (Å²) in [5.41, 5.74) is 2.00. The maximum Gasteiger partial charge on any atom is 0.157 e. The van der Waals surface area contributed by atoms with Crippen LogP contribution in [0.4, 0.5) is 4.39 Å². The van der Waals surface area contributed by atoms with Gasteiger partial charge in [-0.3, -0.25) is 0 Å². The summed E-state index contributed by atoms with van der Waals surface area (Å²) in [7, 11) is 0. The third kappa shape index (κ3) is 3.48. The summed E-state index contributed by atoms with van der Waals surface area (Å²) in [6, 6.07) is 9.96. The maximum absolute atomic E-state index is 13.6. The van der Waals surface area contributed by atoms with Gasteiger partial charge >= 0.3 is 0 Å². The minimum Gasteiger partial charge on any atom is -0.504 e. The second-order valence-corrected chi connectivity index (χ2v) is 6.10. The van der Waals surface area contributed by atoms with Crippen LogP contribution in [0.1, 0.15) is 17.2 Å². The Morgan fingerprint density at radius 1 is 1.18 bits per heavy atom. The Morgan fingerprint density at radius 2 is 1.91 bits per heavy atom. The monoisotopic (exact) mass is 341 g/mol. The molecule has 0 aliphatic carbocycles. The molecule has 22 heavy (non-hydrogen) atoms. The molecule has 0 radical (unpaired) electrons. The molecule has 3 rings (SSSR count). The first kappa shape index (κ1) is 16.9. The van der Waals surface area contributed by atoms with E-state index in [2.05, 4.69) is 5.32 Å². The van der Waals surface area contributed by atoms with Crippen LogP contribution in [0.25, 0.3) is 0 Å². The van der Waals surface area contributed by atoms with Gasteiger partial charge in [-0.05, 0) is 48.4 Å². The standard InChI is InChI=1S/C16H16FNO2S.ClH/c17-12-3-1-2-4-16(12)21-9-13-11-8-15(20)14(19)7-10(11)5-6-18-13;/h1-4,7-8,13,18-20H,5-6,9H2;1H. The van der Waals surface area contributed by atoms with Crippen LogP contribution < -0.4 is 5.32 Å². The van der Waals surface area contributed by atoms with E-state index in [1.807, 2.05) is 6.07 Å². The molecule has 1 aliphatic heterocycles. The molecule has 1 atom stereocenters. The van der Waals surface area contributed by atoms with E-state index in [0.29, 0.717) is 10.6 Å². The van der Waals surface area contributed by atoms with E-state index in [4.69, 9.17) is 0 Å². The zero-order valence-electron chi connectivity index (χ0n) is 11.8. The van der Waals surface area contributed by atoms with Crippen LogP contribution in [0.2, 0.25) is 0 Å². The lowest BCUT2D eigenvalue weighted by molar-refractivity contribution is 0.399. The van der Waals surface area contributed by atoms with E-state index >= 15 is 0 Å². The van der Waals surface area contributed by atoms with Crippen LogP contribution >= 0.6 is 24.2 Å². The number of hydrogen-bond donors (Lipinski definition) is 3. The molecule has 0 amide bonds. The number of fused-ring (bicyclic) bond motifs is 1. The number of thioether (sulfide) groups is 1. The highest BCUT2D eigenvalue weighted by molar-refractivity contribution is 7.99. The highest BCUT2D eigenvalue weighted by Crippen LogP contribution is 2.36. The largest absolute Gasteiger partial charge is 0.504 e. The van der Waals surface area contributed by atoms with Crippen LogP contribution in [-0.2, 0) is 6.42 Å². The van der Waals surface area contributed by atoms with Crippen LogP contribution in [0.3, 0.4) is 0 Å². The van der Waals surface area contributed by atoms with Gasteiger partial charge in [-0.15, -0.1) is 24.2 Å². The fourth-order valence-electron chi connectivity index (χ4n) is 2.55. The molecule has 0 saturated carbocycles. The average Bonchev–Trinajstić information content (AvgIpc) is 2.48. The third-order valence-electron chi connectivity index (χ3n) is 3.64. The second kappa shape index (κ2) is 7.22. The molecule has 1 heterocycles. The smallest absolute Gasteiger partial charge is 0.157 e. The van der Waals surface area contributed by atoms with Crippen molar-refractivity contribution in [3.8, 4) is 11.5 Å².